The minimum absolute atomic E-state index is 0.187. The van der Waals surface area contributed by atoms with Crippen molar-refractivity contribution in [1.29, 1.82) is 0 Å². The number of benzene rings is 1. The van der Waals surface area contributed by atoms with Crippen LogP contribution in [0.3, 0.4) is 0 Å². The summed E-state index contributed by atoms with van der Waals surface area (Å²) in [5, 5.41) is 3.35. The second-order valence-corrected chi connectivity index (χ2v) is 4.36. The van der Waals surface area contributed by atoms with Crippen LogP contribution >= 0.6 is 11.6 Å². The molecule has 0 bridgehead atoms. The molecule has 2 aromatic rings. The molecule has 1 heterocycles. The molecule has 0 saturated carbocycles. The first-order chi connectivity index (χ1) is 9.20. The van der Waals surface area contributed by atoms with Gasteiger partial charge >= 0.3 is 0 Å². The molecule has 0 aliphatic carbocycles. The lowest BCUT2D eigenvalue weighted by molar-refractivity contribution is 0.0951. The maximum atomic E-state index is 12.0. The van der Waals surface area contributed by atoms with Crippen molar-refractivity contribution in [3.05, 3.63) is 47.0 Å². The molecule has 1 amide bonds. The molecule has 19 heavy (non-hydrogen) atoms. The first kappa shape index (κ1) is 13.4. The molecule has 6 heteroatoms. The molecule has 0 fully saturated rings. The van der Waals surface area contributed by atoms with E-state index in [0.29, 0.717) is 29.3 Å². The number of halogens is 1. The molecule has 2 N–H and O–H groups in total. The third-order valence-electron chi connectivity index (χ3n) is 2.64. The van der Waals surface area contributed by atoms with E-state index >= 15 is 0 Å². The van der Waals surface area contributed by atoms with E-state index in [4.69, 9.17) is 16.3 Å². The molecule has 0 aliphatic rings. The van der Waals surface area contributed by atoms with Crippen LogP contribution in [0, 0.1) is 0 Å². The zero-order valence-electron chi connectivity index (χ0n) is 10.4. The summed E-state index contributed by atoms with van der Waals surface area (Å²) >= 11 is 5.85. The first-order valence-corrected chi connectivity index (χ1v) is 6.17. The van der Waals surface area contributed by atoms with Crippen LogP contribution in [0.25, 0.3) is 0 Å². The van der Waals surface area contributed by atoms with Gasteiger partial charge in [0.2, 0.25) is 0 Å². The van der Waals surface area contributed by atoms with Crippen LogP contribution in [-0.2, 0) is 6.42 Å². The molecular weight excluding hydrogens is 266 g/mol. The quantitative estimate of drug-likeness (QED) is 0.880. The molecule has 0 saturated heterocycles. The molecule has 1 aromatic carbocycles. The fourth-order valence-corrected chi connectivity index (χ4v) is 1.84. The summed E-state index contributed by atoms with van der Waals surface area (Å²) in [4.78, 5) is 18.9. The second-order valence-electron chi connectivity index (χ2n) is 3.93. The van der Waals surface area contributed by atoms with Gasteiger partial charge in [-0.1, -0.05) is 11.6 Å². The van der Waals surface area contributed by atoms with Crippen LogP contribution in [0.4, 0.5) is 0 Å². The van der Waals surface area contributed by atoms with Gasteiger partial charge in [0, 0.05) is 29.9 Å². The maximum absolute atomic E-state index is 12.0. The smallest absolute Gasteiger partial charge is 0.255 e. The number of ether oxygens (including phenoxy) is 1. The summed E-state index contributed by atoms with van der Waals surface area (Å²) in [6, 6.07) is 4.92. The van der Waals surface area contributed by atoms with Crippen LogP contribution in [0.15, 0.2) is 30.7 Å². The van der Waals surface area contributed by atoms with Crippen molar-refractivity contribution in [2.75, 3.05) is 13.7 Å². The third kappa shape index (κ3) is 3.48. The summed E-state index contributed by atoms with van der Waals surface area (Å²) in [5.74, 6) is 0.277. The van der Waals surface area contributed by atoms with Gasteiger partial charge in [-0.3, -0.25) is 4.79 Å². The van der Waals surface area contributed by atoms with Gasteiger partial charge in [0.05, 0.1) is 19.0 Å². The highest BCUT2D eigenvalue weighted by molar-refractivity contribution is 6.30. The number of nitrogens with one attached hydrogen (secondary N) is 2. The SMILES string of the molecule is COc1cc(Cl)ccc1C(=O)NCCc1cnc[nH]1. The largest absolute Gasteiger partial charge is 0.496 e. The molecule has 0 aliphatic heterocycles. The number of H-pyrrole nitrogens is 1. The van der Waals surface area contributed by atoms with Crippen LogP contribution in [0.1, 0.15) is 16.1 Å². The van der Waals surface area contributed by atoms with Gasteiger partial charge in [0.15, 0.2) is 0 Å². The number of nitrogens with zero attached hydrogens (tertiary/aromatic N) is 1. The Hall–Kier alpha value is -2.01. The molecule has 1 aromatic heterocycles. The molecule has 0 atom stereocenters. The van der Waals surface area contributed by atoms with Crippen LogP contribution in [-0.4, -0.2) is 29.5 Å². The Morgan fingerprint density at radius 1 is 1.53 bits per heavy atom. The summed E-state index contributed by atoms with van der Waals surface area (Å²) in [5.41, 5.74) is 1.44. The number of aromatic nitrogens is 2. The fraction of sp³-hybridized carbons (Fsp3) is 0.231. The highest BCUT2D eigenvalue weighted by atomic mass is 35.5. The van der Waals surface area contributed by atoms with Crippen molar-refractivity contribution in [3.8, 4) is 5.75 Å². The van der Waals surface area contributed by atoms with Gasteiger partial charge in [0.1, 0.15) is 5.75 Å². The molecule has 0 spiro atoms. The predicted molar refractivity (Wildman–Crippen MR) is 72.6 cm³/mol. The molecule has 100 valence electrons. The molecule has 5 nitrogen and oxygen atoms in total. The minimum Gasteiger partial charge on any atom is -0.496 e. The van der Waals surface area contributed by atoms with Crippen LogP contribution in [0.2, 0.25) is 5.02 Å². The Morgan fingerprint density at radius 2 is 2.37 bits per heavy atom. The van der Waals surface area contributed by atoms with Crippen molar-refractivity contribution < 1.29 is 9.53 Å². The standard InChI is InChI=1S/C13H14ClN3O2/c1-19-12-6-9(14)2-3-11(12)13(18)16-5-4-10-7-15-8-17-10/h2-3,6-8H,4-5H2,1H3,(H,15,17)(H,16,18). The summed E-state index contributed by atoms with van der Waals surface area (Å²) in [7, 11) is 1.51. The Kier molecular flexibility index (Phi) is 4.41. The fourth-order valence-electron chi connectivity index (χ4n) is 1.68. The van der Waals surface area contributed by atoms with E-state index in [-0.39, 0.29) is 5.91 Å². The Labute approximate surface area is 116 Å². The number of carbonyl (C=O) groups is 1. The van der Waals surface area contributed by atoms with Gasteiger partial charge in [-0.15, -0.1) is 0 Å². The number of hydrogen-bond donors (Lipinski definition) is 2. The van der Waals surface area contributed by atoms with E-state index in [1.165, 1.54) is 7.11 Å². The van der Waals surface area contributed by atoms with Gasteiger partial charge in [-0.25, -0.2) is 4.98 Å². The van der Waals surface area contributed by atoms with E-state index in [9.17, 15) is 4.79 Å². The zero-order valence-corrected chi connectivity index (χ0v) is 11.2. The maximum Gasteiger partial charge on any atom is 0.255 e. The number of aromatic amines is 1. The average Bonchev–Trinajstić information content (AvgIpc) is 2.91. The van der Waals surface area contributed by atoms with Crippen molar-refractivity contribution in [3.63, 3.8) is 0 Å². The Bertz CT molecular complexity index is 555. The number of rotatable bonds is 5. The summed E-state index contributed by atoms with van der Waals surface area (Å²) in [6.07, 6.45) is 4.04. The normalized spacial score (nSPS) is 10.2. The van der Waals surface area contributed by atoms with Crippen molar-refractivity contribution in [2.24, 2.45) is 0 Å². The lowest BCUT2D eigenvalue weighted by atomic mass is 10.2. The number of carbonyl (C=O) groups excluding carboxylic acids is 1. The zero-order chi connectivity index (χ0) is 13.7. The van der Waals surface area contributed by atoms with E-state index in [1.54, 1.807) is 30.7 Å². The van der Waals surface area contributed by atoms with Crippen LogP contribution in [0.5, 0.6) is 5.75 Å². The van der Waals surface area contributed by atoms with E-state index in [0.717, 1.165) is 5.69 Å². The average molecular weight is 280 g/mol. The number of amides is 1. The predicted octanol–water partition coefficient (Wildman–Crippen LogP) is 2.04. The Balaban J connectivity index is 1.96. The minimum atomic E-state index is -0.187. The molecular formula is C13H14ClN3O2. The van der Waals surface area contributed by atoms with Gasteiger partial charge < -0.3 is 15.0 Å². The van der Waals surface area contributed by atoms with E-state index < -0.39 is 0 Å². The number of imidazole rings is 1. The van der Waals surface area contributed by atoms with E-state index in [1.807, 2.05) is 0 Å². The summed E-state index contributed by atoms with van der Waals surface area (Å²) < 4.78 is 5.14. The Morgan fingerprint density at radius 3 is 3.05 bits per heavy atom. The first-order valence-electron chi connectivity index (χ1n) is 5.79. The number of methoxy groups -OCH3 is 1. The molecule has 0 radical (unpaired) electrons. The van der Waals surface area contributed by atoms with Crippen molar-refractivity contribution in [2.45, 2.75) is 6.42 Å². The van der Waals surface area contributed by atoms with Gasteiger partial charge in [-0.2, -0.15) is 0 Å². The highest BCUT2D eigenvalue weighted by Crippen LogP contribution is 2.22. The lowest BCUT2D eigenvalue weighted by Gasteiger charge is -2.09. The summed E-state index contributed by atoms with van der Waals surface area (Å²) in [6.45, 7) is 0.521. The lowest BCUT2D eigenvalue weighted by Crippen LogP contribution is -2.26. The van der Waals surface area contributed by atoms with Gasteiger partial charge in [0.25, 0.3) is 5.91 Å². The van der Waals surface area contributed by atoms with Gasteiger partial charge in [-0.05, 0) is 18.2 Å². The highest BCUT2D eigenvalue weighted by Gasteiger charge is 2.12. The molecule has 2 rings (SSSR count). The van der Waals surface area contributed by atoms with Crippen LogP contribution < -0.4 is 10.1 Å². The number of hydrogen-bond acceptors (Lipinski definition) is 3. The van der Waals surface area contributed by atoms with Crippen molar-refractivity contribution >= 4 is 17.5 Å². The second kappa shape index (κ2) is 6.24. The topological polar surface area (TPSA) is 67.0 Å². The third-order valence-corrected chi connectivity index (χ3v) is 2.88. The molecule has 0 unspecified atom stereocenters. The monoisotopic (exact) mass is 279 g/mol. The van der Waals surface area contributed by atoms with E-state index in [2.05, 4.69) is 15.3 Å². The van der Waals surface area contributed by atoms with Crippen molar-refractivity contribution in [1.82, 2.24) is 15.3 Å².